The van der Waals surface area contributed by atoms with Gasteiger partial charge in [-0.3, -0.25) is 0 Å². The van der Waals surface area contributed by atoms with Crippen molar-refractivity contribution in [3.63, 3.8) is 0 Å². The van der Waals surface area contributed by atoms with Gasteiger partial charge in [0, 0.05) is 24.3 Å². The minimum atomic E-state index is -0.215. The molecule has 0 amide bonds. The molecule has 3 saturated carbocycles. The van der Waals surface area contributed by atoms with Crippen LogP contribution in [0.4, 0.5) is 0 Å². The van der Waals surface area contributed by atoms with Gasteiger partial charge in [0.05, 0.1) is 17.4 Å². The van der Waals surface area contributed by atoms with Gasteiger partial charge in [0.15, 0.2) is 0 Å². The van der Waals surface area contributed by atoms with Crippen LogP contribution in [0.15, 0.2) is 23.9 Å². The van der Waals surface area contributed by atoms with E-state index in [1.54, 1.807) is 0 Å². The van der Waals surface area contributed by atoms with Gasteiger partial charge in [0.25, 0.3) is 0 Å². The summed E-state index contributed by atoms with van der Waals surface area (Å²) >= 11 is 0. The van der Waals surface area contributed by atoms with E-state index in [-0.39, 0.29) is 29.5 Å². The van der Waals surface area contributed by atoms with Crippen LogP contribution in [-0.4, -0.2) is 34.6 Å². The second-order valence-electron chi connectivity index (χ2n) is 13.0. The van der Waals surface area contributed by atoms with E-state index in [9.17, 15) is 5.11 Å². The van der Waals surface area contributed by atoms with Gasteiger partial charge in [-0.1, -0.05) is 18.9 Å². The minimum Gasteiger partial charge on any atom is -0.396 e. The predicted molar refractivity (Wildman–Crippen MR) is 133 cm³/mol. The van der Waals surface area contributed by atoms with Crippen molar-refractivity contribution < 1.29 is 9.84 Å². The number of rotatable bonds is 6. The lowest BCUT2D eigenvalue weighted by Gasteiger charge is -2.66. The van der Waals surface area contributed by atoms with Gasteiger partial charge in [-0.25, -0.2) is 0 Å². The molecule has 6 atom stereocenters. The molecule has 6 N–H and O–H groups in total. The van der Waals surface area contributed by atoms with E-state index >= 15 is 0 Å². The first-order valence-electron chi connectivity index (χ1n) is 13.7. The highest BCUT2D eigenvalue weighted by Gasteiger charge is 2.64. The maximum absolute atomic E-state index is 9.56. The largest absolute Gasteiger partial charge is 0.396 e. The molecular formula is C28H47N3O2. The quantitative estimate of drug-likeness (QED) is 0.471. The van der Waals surface area contributed by atoms with Crippen LogP contribution in [0.3, 0.4) is 0 Å². The summed E-state index contributed by atoms with van der Waals surface area (Å²) in [5.41, 5.74) is 14.6. The van der Waals surface area contributed by atoms with Crippen LogP contribution in [0.25, 0.3) is 0 Å². The number of nitrogens with one attached hydrogen (secondary N) is 1. The molecule has 2 bridgehead atoms. The molecule has 1 spiro atoms. The van der Waals surface area contributed by atoms with Gasteiger partial charge in [0.2, 0.25) is 0 Å². The number of ether oxygens (including phenoxy) is 1. The van der Waals surface area contributed by atoms with Crippen LogP contribution >= 0.6 is 0 Å². The number of dihydropyridines is 1. The van der Waals surface area contributed by atoms with Gasteiger partial charge in [-0.15, -0.1) is 0 Å². The molecular weight excluding hydrogens is 410 g/mol. The fourth-order valence-electron chi connectivity index (χ4n) is 9.14. The second kappa shape index (κ2) is 8.65. The molecule has 3 aliphatic carbocycles. The summed E-state index contributed by atoms with van der Waals surface area (Å²) in [7, 11) is 0. The molecule has 0 aromatic carbocycles. The van der Waals surface area contributed by atoms with Crippen molar-refractivity contribution in [3.8, 4) is 0 Å². The number of fused-ring (bicyclic) bond motifs is 3. The monoisotopic (exact) mass is 457 g/mol. The van der Waals surface area contributed by atoms with Crippen molar-refractivity contribution >= 4 is 0 Å². The summed E-state index contributed by atoms with van der Waals surface area (Å²) in [6.07, 6.45) is 22.0. The van der Waals surface area contributed by atoms with Gasteiger partial charge >= 0.3 is 0 Å². The maximum Gasteiger partial charge on any atom is 0.0934 e. The Bertz CT molecular complexity index is 786. The van der Waals surface area contributed by atoms with E-state index < -0.39 is 0 Å². The fraction of sp³-hybridized carbons (Fsp3) is 0.857. The number of allylic oxidation sites excluding steroid dienone is 2. The third kappa shape index (κ3) is 4.44. The molecule has 186 valence electrons. The van der Waals surface area contributed by atoms with Crippen molar-refractivity contribution in [3.05, 3.63) is 23.9 Å². The van der Waals surface area contributed by atoms with Crippen molar-refractivity contribution in [2.75, 3.05) is 6.61 Å². The second-order valence-corrected chi connectivity index (χ2v) is 13.0. The Labute approximate surface area is 200 Å². The SMILES string of the molecule is CC1(C)OC2(C3CC(CC4=CNC(N)C=C4)CC4(CCCC4)C3)CCC1C(N)(CCCO)C2. The van der Waals surface area contributed by atoms with E-state index in [0.717, 1.165) is 32.1 Å². The zero-order valence-corrected chi connectivity index (χ0v) is 21.0. The van der Waals surface area contributed by atoms with Crippen molar-refractivity contribution in [1.29, 1.82) is 0 Å². The van der Waals surface area contributed by atoms with Crippen molar-refractivity contribution in [1.82, 2.24) is 5.32 Å². The molecule has 6 unspecified atom stereocenters. The predicted octanol–water partition coefficient (Wildman–Crippen LogP) is 4.50. The standard InChI is InChI=1S/C28H47N3O2/c1-25(2)23-8-12-28(33-25,19-27(23,30)11-5-13-32)22-15-21(14-20-6-7-24(29)31-18-20)16-26(17-22)9-3-4-10-26/h6-7,18,21-24,31-32H,3-5,8-17,19,29-30H2,1-2H3. The first-order chi connectivity index (χ1) is 15.7. The molecule has 3 aliphatic heterocycles. The first kappa shape index (κ1) is 23.8. The van der Waals surface area contributed by atoms with Gasteiger partial charge in [-0.05, 0) is 113 Å². The molecule has 0 radical (unpaired) electrons. The Morgan fingerprint density at radius 2 is 1.97 bits per heavy atom. The average molecular weight is 458 g/mol. The third-order valence-corrected chi connectivity index (χ3v) is 10.2. The van der Waals surface area contributed by atoms with Gasteiger partial charge in [-0.2, -0.15) is 0 Å². The summed E-state index contributed by atoms with van der Waals surface area (Å²) in [6.45, 7) is 4.79. The van der Waals surface area contributed by atoms with Crippen LogP contribution < -0.4 is 16.8 Å². The fourth-order valence-corrected chi connectivity index (χ4v) is 9.14. The number of nitrogens with two attached hydrogens (primary N) is 2. The van der Waals surface area contributed by atoms with Crippen LogP contribution in [-0.2, 0) is 4.74 Å². The molecule has 2 saturated heterocycles. The highest BCUT2D eigenvalue weighted by atomic mass is 16.5. The van der Waals surface area contributed by atoms with Crippen LogP contribution in [0.5, 0.6) is 0 Å². The number of aliphatic hydroxyl groups excluding tert-OH is 1. The van der Waals surface area contributed by atoms with Gasteiger partial charge < -0.3 is 26.6 Å². The molecule has 3 heterocycles. The van der Waals surface area contributed by atoms with E-state index in [1.807, 2.05) is 0 Å². The Morgan fingerprint density at radius 1 is 1.18 bits per heavy atom. The lowest BCUT2D eigenvalue weighted by molar-refractivity contribution is -0.290. The van der Waals surface area contributed by atoms with E-state index in [1.165, 1.54) is 56.9 Å². The number of hydrogen-bond acceptors (Lipinski definition) is 5. The van der Waals surface area contributed by atoms with E-state index in [2.05, 4.69) is 37.5 Å². The molecule has 6 aliphatic rings. The summed E-state index contributed by atoms with van der Waals surface area (Å²) in [5.74, 6) is 1.65. The molecule has 0 aromatic rings. The topological polar surface area (TPSA) is 93.5 Å². The van der Waals surface area contributed by atoms with Gasteiger partial charge in [0.1, 0.15) is 0 Å². The molecule has 33 heavy (non-hydrogen) atoms. The van der Waals surface area contributed by atoms with Crippen LogP contribution in [0, 0.1) is 23.2 Å². The van der Waals surface area contributed by atoms with E-state index in [4.69, 9.17) is 16.2 Å². The zero-order valence-electron chi connectivity index (χ0n) is 21.0. The molecule has 6 rings (SSSR count). The smallest absolute Gasteiger partial charge is 0.0934 e. The lowest BCUT2D eigenvalue weighted by Crippen LogP contribution is -2.72. The Kier molecular flexibility index (Phi) is 6.25. The van der Waals surface area contributed by atoms with Crippen molar-refractivity contribution in [2.45, 2.75) is 120 Å². The Balaban J connectivity index is 1.42. The number of hydrogen-bond donors (Lipinski definition) is 4. The normalized spacial score (nSPS) is 43.5. The highest BCUT2D eigenvalue weighted by molar-refractivity contribution is 5.24. The lowest BCUT2D eigenvalue weighted by atomic mass is 9.50. The third-order valence-electron chi connectivity index (χ3n) is 10.2. The summed E-state index contributed by atoms with van der Waals surface area (Å²) in [4.78, 5) is 0. The summed E-state index contributed by atoms with van der Waals surface area (Å²) < 4.78 is 7.13. The van der Waals surface area contributed by atoms with Crippen LogP contribution in [0.2, 0.25) is 0 Å². The van der Waals surface area contributed by atoms with Crippen molar-refractivity contribution in [2.24, 2.45) is 34.6 Å². The minimum absolute atomic E-state index is 0.0578. The highest BCUT2D eigenvalue weighted by Crippen LogP contribution is 2.63. The average Bonchev–Trinajstić information content (AvgIpc) is 3.20. The van der Waals surface area contributed by atoms with Crippen LogP contribution in [0.1, 0.15) is 97.3 Å². The summed E-state index contributed by atoms with van der Waals surface area (Å²) in [5, 5.41) is 12.9. The first-order valence-corrected chi connectivity index (χ1v) is 13.7. The molecule has 5 fully saturated rings. The Hall–Kier alpha value is -0.880. The maximum atomic E-state index is 9.56. The summed E-state index contributed by atoms with van der Waals surface area (Å²) in [6, 6.07) is 0. The number of aliphatic hydroxyl groups is 1. The van der Waals surface area contributed by atoms with E-state index in [0.29, 0.717) is 23.2 Å². The molecule has 0 aromatic heterocycles. The molecule has 5 heteroatoms. The molecule has 5 nitrogen and oxygen atoms in total. The Morgan fingerprint density at radius 3 is 2.64 bits per heavy atom. The zero-order chi connectivity index (χ0) is 23.3.